The van der Waals surface area contributed by atoms with Gasteiger partial charge in [-0.25, -0.2) is 0 Å². The molecule has 0 heterocycles. The van der Waals surface area contributed by atoms with Gasteiger partial charge in [0.25, 0.3) is 0 Å². The van der Waals surface area contributed by atoms with Gasteiger partial charge >= 0.3 is 0 Å². The molecule has 0 aromatic heterocycles. The molecule has 108 valence electrons. The van der Waals surface area contributed by atoms with Crippen molar-refractivity contribution in [2.75, 3.05) is 40.8 Å². The molecule has 0 spiro atoms. The zero-order chi connectivity index (χ0) is 13.4. The van der Waals surface area contributed by atoms with Crippen molar-refractivity contribution in [3.05, 3.63) is 0 Å². The highest BCUT2D eigenvalue weighted by Gasteiger charge is 2.32. The van der Waals surface area contributed by atoms with Gasteiger partial charge in [-0.2, -0.15) is 0 Å². The third-order valence-corrected chi connectivity index (χ3v) is 4.57. The smallest absolute Gasteiger partial charge is 0.0328 e. The lowest BCUT2D eigenvalue weighted by molar-refractivity contribution is 0.0902. The fourth-order valence-corrected chi connectivity index (χ4v) is 3.17. The monoisotopic (exact) mass is 255 g/mol. The highest BCUT2D eigenvalue weighted by Crippen LogP contribution is 2.30. The Kier molecular flexibility index (Phi) is 7.20. The number of hydrogen-bond acceptors (Lipinski definition) is 3. The Balaban J connectivity index is 2.48. The summed E-state index contributed by atoms with van der Waals surface area (Å²) in [5, 5.41) is 0. The van der Waals surface area contributed by atoms with E-state index in [1.807, 2.05) is 0 Å². The number of rotatable bonds is 6. The van der Waals surface area contributed by atoms with Gasteiger partial charge in [0.15, 0.2) is 0 Å². The molecule has 0 amide bonds. The van der Waals surface area contributed by atoms with E-state index >= 15 is 0 Å². The van der Waals surface area contributed by atoms with Crippen LogP contribution in [0.2, 0.25) is 0 Å². The summed E-state index contributed by atoms with van der Waals surface area (Å²) in [4.78, 5) is 4.82. The summed E-state index contributed by atoms with van der Waals surface area (Å²) in [5.41, 5.74) is 6.42. The largest absolute Gasteiger partial charge is 0.329 e. The maximum absolute atomic E-state index is 6.14. The van der Waals surface area contributed by atoms with Crippen LogP contribution in [0.3, 0.4) is 0 Å². The van der Waals surface area contributed by atoms with Gasteiger partial charge in [0, 0.05) is 12.1 Å². The van der Waals surface area contributed by atoms with Gasteiger partial charge in [-0.1, -0.05) is 32.1 Å². The summed E-state index contributed by atoms with van der Waals surface area (Å²) in [6.07, 6.45) is 10.8. The first-order valence-corrected chi connectivity index (χ1v) is 7.67. The molecule has 1 rings (SSSR count). The molecule has 1 aliphatic rings. The predicted molar refractivity (Wildman–Crippen MR) is 79.9 cm³/mol. The summed E-state index contributed by atoms with van der Waals surface area (Å²) in [6.45, 7) is 3.17. The third kappa shape index (κ3) is 4.87. The van der Waals surface area contributed by atoms with Gasteiger partial charge < -0.3 is 10.6 Å². The van der Waals surface area contributed by atoms with E-state index in [-0.39, 0.29) is 5.54 Å². The Morgan fingerprint density at radius 1 is 0.889 bits per heavy atom. The van der Waals surface area contributed by atoms with Crippen molar-refractivity contribution in [3.63, 3.8) is 0 Å². The highest BCUT2D eigenvalue weighted by molar-refractivity contribution is 4.91. The topological polar surface area (TPSA) is 32.5 Å². The third-order valence-electron chi connectivity index (χ3n) is 4.57. The lowest BCUT2D eigenvalue weighted by Crippen LogP contribution is -2.53. The van der Waals surface area contributed by atoms with Crippen molar-refractivity contribution in [2.45, 2.75) is 56.9 Å². The summed E-state index contributed by atoms with van der Waals surface area (Å²) in [5.74, 6) is 0. The zero-order valence-electron chi connectivity index (χ0n) is 12.7. The number of hydrogen-bond donors (Lipinski definition) is 1. The van der Waals surface area contributed by atoms with Gasteiger partial charge in [0.05, 0.1) is 0 Å². The van der Waals surface area contributed by atoms with Gasteiger partial charge in [0.1, 0.15) is 0 Å². The molecule has 0 radical (unpaired) electrons. The van der Waals surface area contributed by atoms with Gasteiger partial charge in [0.2, 0.25) is 0 Å². The number of nitrogens with two attached hydrogens (primary N) is 1. The maximum Gasteiger partial charge on any atom is 0.0328 e. The quantitative estimate of drug-likeness (QED) is 0.790. The first-order chi connectivity index (χ1) is 8.60. The first-order valence-electron chi connectivity index (χ1n) is 7.67. The van der Waals surface area contributed by atoms with Crippen LogP contribution in [0.15, 0.2) is 0 Å². The van der Waals surface area contributed by atoms with Gasteiger partial charge in [-0.15, -0.1) is 0 Å². The minimum absolute atomic E-state index is 0.284. The molecule has 0 aliphatic heterocycles. The second-order valence-corrected chi connectivity index (χ2v) is 6.27. The van der Waals surface area contributed by atoms with Crippen LogP contribution < -0.4 is 5.73 Å². The van der Waals surface area contributed by atoms with Crippen molar-refractivity contribution < 1.29 is 0 Å². The summed E-state index contributed by atoms with van der Waals surface area (Å²) >= 11 is 0. The van der Waals surface area contributed by atoms with E-state index < -0.39 is 0 Å². The first kappa shape index (κ1) is 15.9. The molecular formula is C15H33N3. The molecule has 18 heavy (non-hydrogen) atoms. The van der Waals surface area contributed by atoms with E-state index in [2.05, 4.69) is 30.9 Å². The van der Waals surface area contributed by atoms with Crippen molar-refractivity contribution in [1.82, 2.24) is 9.80 Å². The summed E-state index contributed by atoms with van der Waals surface area (Å²) in [7, 11) is 6.58. The van der Waals surface area contributed by atoms with Crippen LogP contribution in [0.25, 0.3) is 0 Å². The Labute approximate surface area is 114 Å². The van der Waals surface area contributed by atoms with Crippen LogP contribution in [-0.2, 0) is 0 Å². The fourth-order valence-electron chi connectivity index (χ4n) is 3.17. The SMILES string of the molecule is CN(C)CCCN(C)C1(CN)CCCCCCC1. The molecule has 0 atom stereocenters. The summed E-state index contributed by atoms with van der Waals surface area (Å²) < 4.78 is 0. The predicted octanol–water partition coefficient (Wildman–Crippen LogP) is 2.31. The minimum atomic E-state index is 0.284. The van der Waals surface area contributed by atoms with E-state index in [9.17, 15) is 0 Å². The van der Waals surface area contributed by atoms with Crippen LogP contribution in [0, 0.1) is 0 Å². The van der Waals surface area contributed by atoms with Crippen LogP contribution in [0.4, 0.5) is 0 Å². The molecule has 3 heteroatoms. The number of nitrogens with zero attached hydrogens (tertiary/aromatic N) is 2. The van der Waals surface area contributed by atoms with Gasteiger partial charge in [-0.3, -0.25) is 4.90 Å². The summed E-state index contributed by atoms with van der Waals surface area (Å²) in [6, 6.07) is 0. The fraction of sp³-hybridized carbons (Fsp3) is 1.00. The van der Waals surface area contributed by atoms with Crippen LogP contribution in [-0.4, -0.2) is 56.1 Å². The van der Waals surface area contributed by atoms with Crippen molar-refractivity contribution >= 4 is 0 Å². The maximum atomic E-state index is 6.14. The Bertz CT molecular complexity index is 208. The average Bonchev–Trinajstić information content (AvgIpc) is 2.29. The molecule has 0 bridgehead atoms. The van der Waals surface area contributed by atoms with Gasteiger partial charge in [-0.05, 0) is 53.5 Å². The van der Waals surface area contributed by atoms with Crippen molar-refractivity contribution in [1.29, 1.82) is 0 Å². The Hall–Kier alpha value is -0.120. The van der Waals surface area contributed by atoms with E-state index in [0.29, 0.717) is 0 Å². The molecule has 0 aromatic carbocycles. The normalized spacial score (nSPS) is 21.0. The van der Waals surface area contributed by atoms with Crippen LogP contribution in [0.5, 0.6) is 0 Å². The van der Waals surface area contributed by atoms with Crippen molar-refractivity contribution in [2.24, 2.45) is 5.73 Å². The van der Waals surface area contributed by atoms with E-state index in [4.69, 9.17) is 5.73 Å². The zero-order valence-corrected chi connectivity index (χ0v) is 12.7. The van der Waals surface area contributed by atoms with Crippen LogP contribution in [0.1, 0.15) is 51.4 Å². The molecule has 1 aliphatic carbocycles. The minimum Gasteiger partial charge on any atom is -0.329 e. The molecule has 1 saturated carbocycles. The standard InChI is InChI=1S/C15H33N3/c1-17(2)12-9-13-18(3)15(14-16)10-7-5-4-6-8-11-15/h4-14,16H2,1-3H3. The lowest BCUT2D eigenvalue weighted by Gasteiger charge is -2.43. The number of likely N-dealkylation sites (N-methyl/N-ethyl adjacent to an activating group) is 1. The second kappa shape index (κ2) is 8.13. The molecule has 0 saturated heterocycles. The van der Waals surface area contributed by atoms with E-state index in [1.54, 1.807) is 0 Å². The van der Waals surface area contributed by atoms with Crippen LogP contribution >= 0.6 is 0 Å². The Morgan fingerprint density at radius 3 is 1.94 bits per heavy atom. The second-order valence-electron chi connectivity index (χ2n) is 6.27. The van der Waals surface area contributed by atoms with Crippen molar-refractivity contribution in [3.8, 4) is 0 Å². The van der Waals surface area contributed by atoms with E-state index in [0.717, 1.165) is 6.54 Å². The highest BCUT2D eigenvalue weighted by atomic mass is 15.2. The molecule has 0 unspecified atom stereocenters. The molecule has 1 fully saturated rings. The molecule has 3 nitrogen and oxygen atoms in total. The molecule has 2 N–H and O–H groups in total. The lowest BCUT2D eigenvalue weighted by atomic mass is 9.82. The average molecular weight is 255 g/mol. The molecular weight excluding hydrogens is 222 g/mol. The molecule has 0 aromatic rings. The Morgan fingerprint density at radius 2 is 1.44 bits per heavy atom. The van der Waals surface area contributed by atoms with E-state index in [1.165, 1.54) is 64.5 Å².